The SMILES string of the molecule is Cc1nc2cc(NCC(C#N)C(C)C)ccc2o1. The number of aryl methyl sites for hydroxylation is 1. The summed E-state index contributed by atoms with van der Waals surface area (Å²) in [6, 6.07) is 8.10. The molecule has 0 aliphatic rings. The Morgan fingerprint density at radius 1 is 1.44 bits per heavy atom. The van der Waals surface area contributed by atoms with E-state index in [2.05, 4.69) is 30.2 Å². The van der Waals surface area contributed by atoms with Gasteiger partial charge in [0.25, 0.3) is 0 Å². The number of nitrogens with zero attached hydrogens (tertiary/aromatic N) is 2. The zero-order valence-corrected chi connectivity index (χ0v) is 10.9. The van der Waals surface area contributed by atoms with Crippen LogP contribution in [0.1, 0.15) is 19.7 Å². The molecular formula is C14H17N3O. The standard InChI is InChI=1S/C14H17N3O/c1-9(2)11(7-15)8-16-12-4-5-14-13(6-12)17-10(3)18-14/h4-6,9,11,16H,8H2,1-3H3. The van der Waals surface area contributed by atoms with Gasteiger partial charge in [0.15, 0.2) is 11.5 Å². The maximum absolute atomic E-state index is 9.03. The molecule has 1 heterocycles. The Morgan fingerprint density at radius 3 is 2.89 bits per heavy atom. The Labute approximate surface area is 107 Å². The van der Waals surface area contributed by atoms with Crippen molar-refractivity contribution in [2.45, 2.75) is 20.8 Å². The molecule has 0 spiro atoms. The summed E-state index contributed by atoms with van der Waals surface area (Å²) in [5, 5.41) is 12.3. The highest BCUT2D eigenvalue weighted by Crippen LogP contribution is 2.20. The highest BCUT2D eigenvalue weighted by atomic mass is 16.3. The van der Waals surface area contributed by atoms with Crippen molar-refractivity contribution in [3.63, 3.8) is 0 Å². The van der Waals surface area contributed by atoms with E-state index in [1.165, 1.54) is 0 Å². The van der Waals surface area contributed by atoms with Crippen LogP contribution in [0.5, 0.6) is 0 Å². The maximum Gasteiger partial charge on any atom is 0.192 e. The predicted octanol–water partition coefficient (Wildman–Crippen LogP) is 3.34. The molecule has 1 aromatic carbocycles. The van der Waals surface area contributed by atoms with Crippen molar-refractivity contribution in [1.29, 1.82) is 5.26 Å². The number of aromatic nitrogens is 1. The molecule has 94 valence electrons. The second kappa shape index (κ2) is 5.09. The van der Waals surface area contributed by atoms with E-state index >= 15 is 0 Å². The van der Waals surface area contributed by atoms with Gasteiger partial charge in [0, 0.05) is 19.2 Å². The van der Waals surface area contributed by atoms with Crippen LogP contribution < -0.4 is 5.32 Å². The van der Waals surface area contributed by atoms with Crippen LogP contribution in [0.3, 0.4) is 0 Å². The second-order valence-corrected chi connectivity index (χ2v) is 4.78. The number of hydrogen-bond acceptors (Lipinski definition) is 4. The third-order valence-corrected chi connectivity index (χ3v) is 2.99. The first-order chi connectivity index (χ1) is 8.60. The quantitative estimate of drug-likeness (QED) is 0.894. The van der Waals surface area contributed by atoms with Gasteiger partial charge in [-0.2, -0.15) is 5.26 Å². The molecule has 1 N–H and O–H groups in total. The number of hydrogen-bond donors (Lipinski definition) is 1. The maximum atomic E-state index is 9.03. The molecule has 2 aromatic rings. The molecule has 0 bridgehead atoms. The number of anilines is 1. The van der Waals surface area contributed by atoms with Gasteiger partial charge in [0.05, 0.1) is 12.0 Å². The van der Waals surface area contributed by atoms with Crippen LogP contribution >= 0.6 is 0 Å². The van der Waals surface area contributed by atoms with Crippen molar-refractivity contribution in [3.05, 3.63) is 24.1 Å². The number of fused-ring (bicyclic) bond motifs is 1. The molecule has 0 fully saturated rings. The van der Waals surface area contributed by atoms with E-state index in [0.717, 1.165) is 16.8 Å². The first kappa shape index (κ1) is 12.4. The average Bonchev–Trinajstić information content (AvgIpc) is 2.68. The highest BCUT2D eigenvalue weighted by molar-refractivity contribution is 5.77. The van der Waals surface area contributed by atoms with Crippen LogP contribution in [0, 0.1) is 30.1 Å². The van der Waals surface area contributed by atoms with E-state index in [4.69, 9.17) is 9.68 Å². The monoisotopic (exact) mass is 243 g/mol. The third kappa shape index (κ3) is 2.62. The molecule has 0 aliphatic heterocycles. The Kier molecular flexibility index (Phi) is 3.52. The highest BCUT2D eigenvalue weighted by Gasteiger charge is 2.12. The van der Waals surface area contributed by atoms with Crippen molar-refractivity contribution in [1.82, 2.24) is 4.98 Å². The average molecular weight is 243 g/mol. The molecule has 0 saturated carbocycles. The zero-order valence-electron chi connectivity index (χ0n) is 10.9. The molecule has 4 nitrogen and oxygen atoms in total. The molecule has 1 aromatic heterocycles. The molecule has 0 amide bonds. The van der Waals surface area contributed by atoms with E-state index < -0.39 is 0 Å². The van der Waals surface area contributed by atoms with Crippen LogP contribution in [-0.4, -0.2) is 11.5 Å². The summed E-state index contributed by atoms with van der Waals surface area (Å²) in [5.74, 6) is 1.03. The van der Waals surface area contributed by atoms with Gasteiger partial charge < -0.3 is 9.73 Å². The van der Waals surface area contributed by atoms with Gasteiger partial charge in [-0.3, -0.25) is 0 Å². The predicted molar refractivity (Wildman–Crippen MR) is 71.2 cm³/mol. The van der Waals surface area contributed by atoms with Crippen molar-refractivity contribution in [2.24, 2.45) is 11.8 Å². The van der Waals surface area contributed by atoms with Gasteiger partial charge in [-0.05, 0) is 24.1 Å². The lowest BCUT2D eigenvalue weighted by molar-refractivity contribution is 0.496. The summed E-state index contributed by atoms with van der Waals surface area (Å²) < 4.78 is 5.42. The lowest BCUT2D eigenvalue weighted by Crippen LogP contribution is -2.17. The molecule has 0 aliphatic carbocycles. The van der Waals surface area contributed by atoms with Crippen LogP contribution in [0.4, 0.5) is 5.69 Å². The van der Waals surface area contributed by atoms with Gasteiger partial charge >= 0.3 is 0 Å². The van der Waals surface area contributed by atoms with Gasteiger partial charge in [-0.1, -0.05) is 13.8 Å². The van der Waals surface area contributed by atoms with Crippen molar-refractivity contribution in [3.8, 4) is 6.07 Å². The summed E-state index contributed by atoms with van der Waals surface area (Å²) in [5.41, 5.74) is 2.60. The van der Waals surface area contributed by atoms with Gasteiger partial charge in [0.1, 0.15) is 5.52 Å². The first-order valence-electron chi connectivity index (χ1n) is 6.11. The lowest BCUT2D eigenvalue weighted by atomic mass is 9.97. The lowest BCUT2D eigenvalue weighted by Gasteiger charge is -2.14. The molecule has 2 rings (SSSR count). The number of nitrogens with one attached hydrogen (secondary N) is 1. The molecule has 4 heteroatoms. The smallest absolute Gasteiger partial charge is 0.192 e. The summed E-state index contributed by atoms with van der Waals surface area (Å²) in [4.78, 5) is 4.28. The van der Waals surface area contributed by atoms with Crippen LogP contribution in [-0.2, 0) is 0 Å². The number of oxazole rings is 1. The molecule has 1 unspecified atom stereocenters. The van der Waals surface area contributed by atoms with E-state index in [-0.39, 0.29) is 5.92 Å². The van der Waals surface area contributed by atoms with Gasteiger partial charge in [-0.25, -0.2) is 4.98 Å². The number of benzene rings is 1. The minimum absolute atomic E-state index is 0.0136. The molecule has 18 heavy (non-hydrogen) atoms. The summed E-state index contributed by atoms with van der Waals surface area (Å²) >= 11 is 0. The van der Waals surface area contributed by atoms with Crippen LogP contribution in [0.2, 0.25) is 0 Å². The van der Waals surface area contributed by atoms with Crippen molar-refractivity contribution in [2.75, 3.05) is 11.9 Å². The Balaban J connectivity index is 2.10. The number of nitriles is 1. The van der Waals surface area contributed by atoms with Crippen LogP contribution in [0.25, 0.3) is 11.1 Å². The summed E-state index contributed by atoms with van der Waals surface area (Å²) in [7, 11) is 0. The van der Waals surface area contributed by atoms with E-state index in [1.54, 1.807) is 0 Å². The van der Waals surface area contributed by atoms with Gasteiger partial charge in [0.2, 0.25) is 0 Å². The minimum Gasteiger partial charge on any atom is -0.441 e. The first-order valence-corrected chi connectivity index (χ1v) is 6.11. The topological polar surface area (TPSA) is 61.9 Å². The second-order valence-electron chi connectivity index (χ2n) is 4.78. The van der Waals surface area contributed by atoms with E-state index in [0.29, 0.717) is 18.4 Å². The summed E-state index contributed by atoms with van der Waals surface area (Å²) in [6.07, 6.45) is 0. The van der Waals surface area contributed by atoms with Gasteiger partial charge in [-0.15, -0.1) is 0 Å². The third-order valence-electron chi connectivity index (χ3n) is 2.99. The van der Waals surface area contributed by atoms with E-state index in [1.807, 2.05) is 25.1 Å². The Morgan fingerprint density at radius 2 is 2.22 bits per heavy atom. The normalized spacial score (nSPS) is 12.6. The fraction of sp³-hybridized carbons (Fsp3) is 0.429. The Hall–Kier alpha value is -2.02. The molecule has 1 atom stereocenters. The number of rotatable bonds is 4. The van der Waals surface area contributed by atoms with Crippen molar-refractivity contribution < 1.29 is 4.42 Å². The Bertz CT molecular complexity index is 580. The molecule has 0 radical (unpaired) electrons. The minimum atomic E-state index is 0.0136. The van der Waals surface area contributed by atoms with E-state index in [9.17, 15) is 0 Å². The molecular weight excluding hydrogens is 226 g/mol. The fourth-order valence-electron chi connectivity index (χ4n) is 1.81. The summed E-state index contributed by atoms with van der Waals surface area (Å²) in [6.45, 7) is 6.59. The van der Waals surface area contributed by atoms with Crippen molar-refractivity contribution >= 4 is 16.8 Å². The largest absolute Gasteiger partial charge is 0.441 e. The molecule has 0 saturated heterocycles. The zero-order chi connectivity index (χ0) is 13.1. The van der Waals surface area contributed by atoms with Crippen LogP contribution in [0.15, 0.2) is 22.6 Å². The fourth-order valence-corrected chi connectivity index (χ4v) is 1.81.